The summed E-state index contributed by atoms with van der Waals surface area (Å²) in [6, 6.07) is 5.06. The highest BCUT2D eigenvalue weighted by molar-refractivity contribution is 7.89. The molecule has 152 valence electrons. The number of aromatic nitrogens is 6. The van der Waals surface area contributed by atoms with Crippen molar-refractivity contribution in [3.05, 3.63) is 42.0 Å². The van der Waals surface area contributed by atoms with Crippen molar-refractivity contribution in [2.24, 2.45) is 0 Å². The van der Waals surface area contributed by atoms with E-state index >= 15 is 0 Å². The molecule has 0 atom stereocenters. The van der Waals surface area contributed by atoms with Crippen LogP contribution < -0.4 is 9.62 Å². The molecule has 0 bridgehead atoms. The zero-order valence-corrected chi connectivity index (χ0v) is 16.2. The number of benzene rings is 1. The summed E-state index contributed by atoms with van der Waals surface area (Å²) in [5.74, 6) is -0.0728. The van der Waals surface area contributed by atoms with Crippen LogP contribution in [0.15, 0.2) is 35.4 Å². The van der Waals surface area contributed by atoms with Crippen molar-refractivity contribution in [3.8, 4) is 11.4 Å². The molecule has 1 aliphatic rings. The number of H-pyrrole nitrogens is 1. The van der Waals surface area contributed by atoms with Crippen LogP contribution in [-0.2, 0) is 16.6 Å². The summed E-state index contributed by atoms with van der Waals surface area (Å²) >= 11 is 0. The molecule has 1 fully saturated rings. The first kappa shape index (κ1) is 19.3. The van der Waals surface area contributed by atoms with Gasteiger partial charge in [0, 0.05) is 19.3 Å². The highest BCUT2D eigenvalue weighted by Crippen LogP contribution is 2.22. The molecule has 1 aliphatic heterocycles. The fraction of sp³-hybridized carbons (Fsp3) is 0.353. The third-order valence-electron chi connectivity index (χ3n) is 4.62. The van der Waals surface area contributed by atoms with E-state index in [0.29, 0.717) is 11.6 Å². The maximum absolute atomic E-state index is 14.0. The van der Waals surface area contributed by atoms with E-state index in [9.17, 15) is 12.8 Å². The largest absolute Gasteiger partial charge is 0.341 e. The number of hydrogen-bond acceptors (Lipinski definition) is 8. The minimum Gasteiger partial charge on any atom is -0.341 e. The minimum atomic E-state index is -3.90. The van der Waals surface area contributed by atoms with Crippen molar-refractivity contribution in [2.75, 3.05) is 18.0 Å². The van der Waals surface area contributed by atoms with Crippen molar-refractivity contribution >= 4 is 16.0 Å². The van der Waals surface area contributed by atoms with Gasteiger partial charge in [-0.05, 0) is 48.7 Å². The lowest BCUT2D eigenvalue weighted by Gasteiger charge is -2.26. The molecule has 0 saturated carbocycles. The molecule has 1 saturated heterocycles. The van der Waals surface area contributed by atoms with Gasteiger partial charge in [-0.15, -0.1) is 10.2 Å². The molecule has 0 radical (unpaired) electrons. The van der Waals surface area contributed by atoms with Gasteiger partial charge >= 0.3 is 0 Å². The quantitative estimate of drug-likeness (QED) is 0.612. The van der Waals surface area contributed by atoms with E-state index in [-0.39, 0.29) is 22.8 Å². The Hall–Kier alpha value is -2.99. The zero-order valence-electron chi connectivity index (χ0n) is 15.4. The number of halogens is 1. The molecular formula is C17H19FN8O2S. The Balaban J connectivity index is 1.50. The topological polar surface area (TPSA) is 130 Å². The molecule has 0 aliphatic carbocycles. The predicted octanol–water partition coefficient (Wildman–Crippen LogP) is 1.26. The van der Waals surface area contributed by atoms with Crippen LogP contribution in [0.2, 0.25) is 0 Å². The Kier molecular flexibility index (Phi) is 5.45. The maximum Gasteiger partial charge on any atom is 0.240 e. The average molecular weight is 418 g/mol. The number of tetrazole rings is 1. The van der Waals surface area contributed by atoms with E-state index in [1.807, 2.05) is 0 Å². The summed E-state index contributed by atoms with van der Waals surface area (Å²) in [6.45, 7) is 1.77. The standard InChI is InChI=1S/C17H19FN8O2S/c18-15-5-4-13(10-14(15)16-22-24-25-23-16)29(27,28)20-11-12-6-7-19-17(21-12)26-8-2-1-3-9-26/h4-7,10,20H,1-3,8-9,11H2,(H,22,23,24,25). The molecule has 0 amide bonds. The lowest BCUT2D eigenvalue weighted by Crippen LogP contribution is -2.31. The van der Waals surface area contributed by atoms with E-state index < -0.39 is 15.8 Å². The number of anilines is 1. The second-order valence-electron chi connectivity index (χ2n) is 6.60. The zero-order chi connectivity index (χ0) is 20.3. The van der Waals surface area contributed by atoms with Gasteiger partial charge in [0.1, 0.15) is 5.82 Å². The molecule has 29 heavy (non-hydrogen) atoms. The minimum absolute atomic E-state index is 0.0133. The van der Waals surface area contributed by atoms with Gasteiger partial charge in [-0.25, -0.2) is 27.5 Å². The monoisotopic (exact) mass is 418 g/mol. The van der Waals surface area contributed by atoms with Crippen LogP contribution in [0.1, 0.15) is 25.0 Å². The Labute approximate surface area is 166 Å². The molecule has 3 aromatic rings. The Morgan fingerprint density at radius 2 is 2.00 bits per heavy atom. The van der Waals surface area contributed by atoms with Crippen LogP contribution in [0.4, 0.5) is 10.3 Å². The summed E-state index contributed by atoms with van der Waals surface area (Å²) in [5.41, 5.74) is 0.487. The first-order valence-corrected chi connectivity index (χ1v) is 10.6. The number of aromatic amines is 1. The van der Waals surface area contributed by atoms with Gasteiger partial charge in [0.05, 0.1) is 22.7 Å². The van der Waals surface area contributed by atoms with Gasteiger partial charge in [-0.1, -0.05) is 0 Å². The van der Waals surface area contributed by atoms with Gasteiger partial charge < -0.3 is 4.90 Å². The van der Waals surface area contributed by atoms with Gasteiger partial charge in [-0.2, -0.15) is 5.21 Å². The predicted molar refractivity (Wildman–Crippen MR) is 102 cm³/mol. The summed E-state index contributed by atoms with van der Waals surface area (Å²) < 4.78 is 41.9. The summed E-state index contributed by atoms with van der Waals surface area (Å²) in [6.07, 6.45) is 4.99. The Morgan fingerprint density at radius 3 is 2.76 bits per heavy atom. The van der Waals surface area contributed by atoms with Gasteiger partial charge in [0.15, 0.2) is 0 Å². The Bertz CT molecular complexity index is 1080. The highest BCUT2D eigenvalue weighted by Gasteiger charge is 2.19. The number of rotatable bonds is 6. The molecule has 12 heteroatoms. The van der Waals surface area contributed by atoms with Gasteiger partial charge in [-0.3, -0.25) is 0 Å². The molecule has 3 heterocycles. The molecule has 0 unspecified atom stereocenters. The van der Waals surface area contributed by atoms with E-state index in [4.69, 9.17) is 0 Å². The van der Waals surface area contributed by atoms with Crippen molar-refractivity contribution in [3.63, 3.8) is 0 Å². The van der Waals surface area contributed by atoms with Crippen molar-refractivity contribution in [1.82, 2.24) is 35.3 Å². The number of hydrogen-bond donors (Lipinski definition) is 2. The van der Waals surface area contributed by atoms with Crippen LogP contribution >= 0.6 is 0 Å². The normalized spacial score (nSPS) is 14.9. The molecule has 4 rings (SSSR count). The summed E-state index contributed by atoms with van der Waals surface area (Å²) in [7, 11) is -3.90. The molecule has 10 nitrogen and oxygen atoms in total. The van der Waals surface area contributed by atoms with Crippen LogP contribution in [-0.4, -0.2) is 52.1 Å². The smallest absolute Gasteiger partial charge is 0.240 e. The van der Waals surface area contributed by atoms with E-state index in [1.165, 1.54) is 18.6 Å². The molecule has 0 spiro atoms. The average Bonchev–Trinajstić information content (AvgIpc) is 3.28. The lowest BCUT2D eigenvalue weighted by atomic mass is 10.1. The second-order valence-corrected chi connectivity index (χ2v) is 8.36. The number of nitrogens with one attached hydrogen (secondary N) is 2. The molecule has 2 aromatic heterocycles. The summed E-state index contributed by atoms with van der Waals surface area (Å²) in [4.78, 5) is 10.7. The number of piperidine rings is 1. The SMILES string of the molecule is O=S(=O)(NCc1ccnc(N2CCCCC2)n1)c1ccc(F)c(-c2nn[nH]n2)c1. The third-order valence-corrected chi connectivity index (χ3v) is 6.02. The number of sulfonamides is 1. The molecule has 1 aromatic carbocycles. The van der Waals surface area contributed by atoms with E-state index in [1.54, 1.807) is 12.3 Å². The van der Waals surface area contributed by atoms with Gasteiger partial charge in [0.2, 0.25) is 21.8 Å². The van der Waals surface area contributed by atoms with E-state index in [2.05, 4.69) is 40.2 Å². The van der Waals surface area contributed by atoms with Gasteiger partial charge in [0.25, 0.3) is 0 Å². The maximum atomic E-state index is 14.0. The Morgan fingerprint density at radius 1 is 1.17 bits per heavy atom. The molecular weight excluding hydrogens is 399 g/mol. The molecule has 2 N–H and O–H groups in total. The van der Waals surface area contributed by atoms with Crippen molar-refractivity contribution < 1.29 is 12.8 Å². The second kappa shape index (κ2) is 8.17. The van der Waals surface area contributed by atoms with Crippen LogP contribution in [0, 0.1) is 5.82 Å². The third kappa shape index (κ3) is 4.38. The van der Waals surface area contributed by atoms with Crippen molar-refractivity contribution in [2.45, 2.75) is 30.7 Å². The van der Waals surface area contributed by atoms with Crippen LogP contribution in [0.3, 0.4) is 0 Å². The van der Waals surface area contributed by atoms with Crippen LogP contribution in [0.25, 0.3) is 11.4 Å². The van der Waals surface area contributed by atoms with Crippen molar-refractivity contribution in [1.29, 1.82) is 0 Å². The highest BCUT2D eigenvalue weighted by atomic mass is 32.2. The number of nitrogens with zero attached hydrogens (tertiary/aromatic N) is 6. The first-order chi connectivity index (χ1) is 14.0. The van der Waals surface area contributed by atoms with Crippen LogP contribution in [0.5, 0.6) is 0 Å². The fourth-order valence-electron chi connectivity index (χ4n) is 3.10. The van der Waals surface area contributed by atoms with E-state index in [0.717, 1.165) is 32.0 Å². The fourth-order valence-corrected chi connectivity index (χ4v) is 4.13. The summed E-state index contributed by atoms with van der Waals surface area (Å²) in [5, 5.41) is 13.0. The first-order valence-electron chi connectivity index (χ1n) is 9.13. The lowest BCUT2D eigenvalue weighted by molar-refractivity contribution is 0.565.